The van der Waals surface area contributed by atoms with E-state index in [2.05, 4.69) is 6.92 Å². The number of nitrogens with zero attached hydrogens (tertiary/aromatic N) is 1. The van der Waals surface area contributed by atoms with Gasteiger partial charge in [0.2, 0.25) is 0 Å². The Balaban J connectivity index is 1.69. The Morgan fingerprint density at radius 1 is 1.11 bits per heavy atom. The van der Waals surface area contributed by atoms with Crippen LogP contribution < -0.4 is 14.4 Å². The quantitative estimate of drug-likeness (QED) is 0.776. The summed E-state index contributed by atoms with van der Waals surface area (Å²) < 4.78 is 11.3. The van der Waals surface area contributed by atoms with E-state index in [1.54, 1.807) is 37.4 Å². The van der Waals surface area contributed by atoms with Crippen molar-refractivity contribution in [2.24, 2.45) is 0 Å². The van der Waals surface area contributed by atoms with Crippen LogP contribution in [-0.2, 0) is 6.61 Å². The molecule has 1 N–H and O–H groups in total. The van der Waals surface area contributed by atoms with E-state index >= 15 is 0 Å². The lowest BCUT2D eigenvalue weighted by molar-refractivity contribution is -0.902. The van der Waals surface area contributed by atoms with E-state index in [1.165, 1.54) is 4.90 Å². The van der Waals surface area contributed by atoms with Gasteiger partial charge in [-0.05, 0) is 37.3 Å². The standard InChI is InChI=1S/C21H24Cl2N2O3/c1-3-24-8-10-25(11-9-24)21(26)15-5-7-19(20(12-15)27-2)28-14-16-4-6-17(22)13-18(16)23/h4-7,12-13H,3,8-11,14H2,1-2H3/p+1. The molecule has 0 aliphatic carbocycles. The van der Waals surface area contributed by atoms with Crippen molar-refractivity contribution in [1.82, 2.24) is 4.90 Å². The molecule has 1 aliphatic heterocycles. The number of nitrogens with one attached hydrogen (secondary N) is 1. The summed E-state index contributed by atoms with van der Waals surface area (Å²) in [6, 6.07) is 10.6. The normalized spacial score (nSPS) is 14.8. The molecule has 0 bridgehead atoms. The summed E-state index contributed by atoms with van der Waals surface area (Å²) in [7, 11) is 1.56. The van der Waals surface area contributed by atoms with Crippen LogP contribution in [0.1, 0.15) is 22.8 Å². The zero-order valence-electron chi connectivity index (χ0n) is 16.1. The highest BCUT2D eigenvalue weighted by molar-refractivity contribution is 6.35. The number of piperazine rings is 1. The number of halogens is 2. The number of hydrogen-bond donors (Lipinski definition) is 1. The molecular weight excluding hydrogens is 399 g/mol. The summed E-state index contributed by atoms with van der Waals surface area (Å²) >= 11 is 12.1. The van der Waals surface area contributed by atoms with Crippen molar-refractivity contribution in [2.45, 2.75) is 13.5 Å². The van der Waals surface area contributed by atoms with Crippen molar-refractivity contribution in [3.8, 4) is 11.5 Å². The molecule has 2 aromatic carbocycles. The average Bonchev–Trinajstić information content (AvgIpc) is 2.72. The highest BCUT2D eigenvalue weighted by atomic mass is 35.5. The van der Waals surface area contributed by atoms with Gasteiger partial charge in [-0.15, -0.1) is 0 Å². The fraction of sp³-hybridized carbons (Fsp3) is 0.381. The molecule has 1 aliphatic rings. The molecule has 1 heterocycles. The predicted octanol–water partition coefficient (Wildman–Crippen LogP) is 2.94. The lowest BCUT2D eigenvalue weighted by Crippen LogP contribution is -3.14. The van der Waals surface area contributed by atoms with Crippen LogP contribution in [0.2, 0.25) is 10.0 Å². The molecule has 0 spiro atoms. The number of benzene rings is 2. The summed E-state index contributed by atoms with van der Waals surface area (Å²) in [5, 5.41) is 1.13. The van der Waals surface area contributed by atoms with Gasteiger partial charge < -0.3 is 19.3 Å². The topological polar surface area (TPSA) is 43.2 Å². The Morgan fingerprint density at radius 3 is 2.50 bits per heavy atom. The molecule has 0 aromatic heterocycles. The van der Waals surface area contributed by atoms with Gasteiger partial charge >= 0.3 is 0 Å². The smallest absolute Gasteiger partial charge is 0.254 e. The van der Waals surface area contributed by atoms with Gasteiger partial charge in [0.25, 0.3) is 5.91 Å². The third kappa shape index (κ3) is 4.90. The number of carbonyl (C=O) groups is 1. The first kappa shape index (κ1) is 20.8. The lowest BCUT2D eigenvalue weighted by atomic mass is 10.1. The van der Waals surface area contributed by atoms with E-state index in [4.69, 9.17) is 32.7 Å². The second kappa shape index (κ2) is 9.50. The summed E-state index contributed by atoms with van der Waals surface area (Å²) in [5.41, 5.74) is 1.43. The maximum Gasteiger partial charge on any atom is 0.254 e. The van der Waals surface area contributed by atoms with Gasteiger partial charge in [0.15, 0.2) is 11.5 Å². The van der Waals surface area contributed by atoms with E-state index in [-0.39, 0.29) is 12.5 Å². The maximum absolute atomic E-state index is 12.8. The number of ether oxygens (including phenoxy) is 2. The average molecular weight is 424 g/mol. The fourth-order valence-electron chi connectivity index (χ4n) is 3.28. The summed E-state index contributed by atoms with van der Waals surface area (Å²) in [5.74, 6) is 1.11. The van der Waals surface area contributed by atoms with Crippen LogP contribution >= 0.6 is 23.2 Å². The molecule has 28 heavy (non-hydrogen) atoms. The van der Waals surface area contributed by atoms with Crippen LogP contribution in [0.15, 0.2) is 36.4 Å². The molecule has 1 saturated heterocycles. The molecule has 150 valence electrons. The molecule has 0 radical (unpaired) electrons. The van der Waals surface area contributed by atoms with E-state index in [0.29, 0.717) is 27.1 Å². The number of rotatable bonds is 6. The Bertz CT molecular complexity index is 836. The second-order valence-electron chi connectivity index (χ2n) is 6.79. The van der Waals surface area contributed by atoms with Gasteiger partial charge in [-0.3, -0.25) is 4.79 Å². The number of hydrogen-bond acceptors (Lipinski definition) is 3. The minimum atomic E-state index is 0.0285. The summed E-state index contributed by atoms with van der Waals surface area (Å²) in [6.45, 7) is 7.08. The van der Waals surface area contributed by atoms with E-state index in [0.717, 1.165) is 38.3 Å². The third-order valence-electron chi connectivity index (χ3n) is 5.07. The maximum atomic E-state index is 12.8. The Kier molecular flexibility index (Phi) is 7.05. The lowest BCUT2D eigenvalue weighted by Gasteiger charge is -2.31. The first-order valence-corrected chi connectivity index (χ1v) is 10.1. The number of carbonyl (C=O) groups excluding carboxylic acids is 1. The largest absolute Gasteiger partial charge is 0.493 e. The Labute approximate surface area is 175 Å². The molecule has 0 unspecified atom stereocenters. The van der Waals surface area contributed by atoms with Crippen molar-refractivity contribution < 1.29 is 19.2 Å². The molecule has 0 atom stereocenters. The van der Waals surface area contributed by atoms with E-state index < -0.39 is 0 Å². The first-order chi connectivity index (χ1) is 13.5. The predicted molar refractivity (Wildman–Crippen MR) is 111 cm³/mol. The van der Waals surface area contributed by atoms with Gasteiger partial charge in [0.05, 0.1) is 39.8 Å². The first-order valence-electron chi connectivity index (χ1n) is 9.39. The van der Waals surface area contributed by atoms with E-state index in [1.807, 2.05) is 11.0 Å². The zero-order valence-corrected chi connectivity index (χ0v) is 17.6. The molecule has 3 rings (SSSR count). The molecule has 7 heteroatoms. The van der Waals surface area contributed by atoms with Crippen LogP contribution in [0.3, 0.4) is 0 Å². The van der Waals surface area contributed by atoms with Gasteiger partial charge in [0, 0.05) is 21.2 Å². The van der Waals surface area contributed by atoms with Gasteiger partial charge in [-0.1, -0.05) is 29.3 Å². The van der Waals surface area contributed by atoms with Crippen molar-refractivity contribution in [1.29, 1.82) is 0 Å². The zero-order chi connectivity index (χ0) is 20.1. The highest BCUT2D eigenvalue weighted by Crippen LogP contribution is 2.30. The number of likely N-dealkylation sites (N-methyl/N-ethyl adjacent to an activating group) is 1. The molecule has 2 aromatic rings. The van der Waals surface area contributed by atoms with Crippen LogP contribution in [0.5, 0.6) is 11.5 Å². The minimum Gasteiger partial charge on any atom is -0.493 e. The minimum absolute atomic E-state index is 0.0285. The monoisotopic (exact) mass is 423 g/mol. The van der Waals surface area contributed by atoms with Crippen LogP contribution in [0.25, 0.3) is 0 Å². The summed E-state index contributed by atoms with van der Waals surface area (Å²) in [4.78, 5) is 16.3. The SMILES string of the molecule is CC[NH+]1CCN(C(=O)c2ccc(OCc3ccc(Cl)cc3Cl)c(OC)c2)CC1. The third-order valence-corrected chi connectivity index (χ3v) is 5.65. The van der Waals surface area contributed by atoms with Crippen molar-refractivity contribution >= 4 is 29.1 Å². The van der Waals surface area contributed by atoms with Crippen molar-refractivity contribution in [2.75, 3.05) is 39.8 Å². The van der Waals surface area contributed by atoms with Crippen LogP contribution in [0, 0.1) is 0 Å². The molecular formula is C21H25Cl2N2O3+. The molecule has 5 nitrogen and oxygen atoms in total. The number of quaternary nitrogens is 1. The highest BCUT2D eigenvalue weighted by Gasteiger charge is 2.24. The van der Waals surface area contributed by atoms with Gasteiger partial charge in [-0.25, -0.2) is 0 Å². The Hall–Kier alpha value is -1.95. The van der Waals surface area contributed by atoms with Crippen LogP contribution in [0.4, 0.5) is 0 Å². The van der Waals surface area contributed by atoms with Crippen molar-refractivity contribution in [3.05, 3.63) is 57.6 Å². The van der Waals surface area contributed by atoms with Gasteiger partial charge in [0.1, 0.15) is 6.61 Å². The molecule has 1 fully saturated rings. The number of amides is 1. The molecule has 1 amide bonds. The second-order valence-corrected chi connectivity index (χ2v) is 7.63. The Morgan fingerprint density at radius 2 is 1.86 bits per heavy atom. The van der Waals surface area contributed by atoms with Crippen molar-refractivity contribution in [3.63, 3.8) is 0 Å². The summed E-state index contributed by atoms with van der Waals surface area (Å²) in [6.07, 6.45) is 0. The van der Waals surface area contributed by atoms with E-state index in [9.17, 15) is 4.79 Å². The van der Waals surface area contributed by atoms with Crippen LogP contribution in [-0.4, -0.2) is 50.6 Å². The molecule has 0 saturated carbocycles. The number of methoxy groups -OCH3 is 1. The fourth-order valence-corrected chi connectivity index (χ4v) is 3.74. The van der Waals surface area contributed by atoms with Gasteiger partial charge in [-0.2, -0.15) is 0 Å².